The van der Waals surface area contributed by atoms with Gasteiger partial charge in [-0.1, -0.05) is 60.7 Å². The summed E-state index contributed by atoms with van der Waals surface area (Å²) in [4.78, 5) is 24.5. The topological polar surface area (TPSA) is 55.4 Å². The van der Waals surface area contributed by atoms with Crippen LogP contribution in [0, 0.1) is 6.92 Å². The fourth-order valence-corrected chi connectivity index (χ4v) is 4.14. The molecule has 0 fully saturated rings. The highest BCUT2D eigenvalue weighted by molar-refractivity contribution is 8.00. The molecule has 0 radical (unpaired) electrons. The molecule has 1 aliphatic carbocycles. The Bertz CT molecular complexity index is 1020. The first-order chi connectivity index (χ1) is 14.1. The lowest BCUT2D eigenvalue weighted by molar-refractivity contribution is -0.144. The summed E-state index contributed by atoms with van der Waals surface area (Å²) in [5.74, 6) is -0.136. The number of hydrogen-bond acceptors (Lipinski definition) is 4. The molecule has 3 aromatic rings. The Balaban J connectivity index is 1.33. The van der Waals surface area contributed by atoms with Crippen LogP contribution in [0.2, 0.25) is 0 Å². The van der Waals surface area contributed by atoms with E-state index in [1.807, 2.05) is 79.7 Å². The number of amides is 1. The molecule has 3 aromatic carbocycles. The van der Waals surface area contributed by atoms with Gasteiger partial charge in [0, 0.05) is 16.8 Å². The number of fused-ring (bicyclic) bond motifs is 3. The largest absolute Gasteiger partial charge is 0.452 e. The first-order valence-corrected chi connectivity index (χ1v) is 10.6. The van der Waals surface area contributed by atoms with E-state index in [0.29, 0.717) is 0 Å². The van der Waals surface area contributed by atoms with Crippen molar-refractivity contribution >= 4 is 29.3 Å². The third-order valence-electron chi connectivity index (χ3n) is 4.78. The zero-order valence-corrected chi connectivity index (χ0v) is 16.9. The molecule has 29 heavy (non-hydrogen) atoms. The van der Waals surface area contributed by atoms with E-state index < -0.39 is 6.10 Å². The molecule has 4 rings (SSSR count). The predicted octanol–water partition coefficient (Wildman–Crippen LogP) is 4.98. The van der Waals surface area contributed by atoms with E-state index in [1.165, 1.54) is 11.8 Å². The number of hydrogen-bond donors (Lipinski definition) is 1. The van der Waals surface area contributed by atoms with E-state index in [9.17, 15) is 9.59 Å². The summed E-state index contributed by atoms with van der Waals surface area (Å²) in [6, 6.07) is 23.6. The Morgan fingerprint density at radius 2 is 1.55 bits per heavy atom. The van der Waals surface area contributed by atoms with Crippen molar-refractivity contribution < 1.29 is 14.3 Å². The van der Waals surface area contributed by atoms with Gasteiger partial charge in [0.15, 0.2) is 6.10 Å². The summed E-state index contributed by atoms with van der Waals surface area (Å²) in [5, 5.41) is 2.84. The van der Waals surface area contributed by atoms with E-state index >= 15 is 0 Å². The lowest BCUT2D eigenvalue weighted by Gasteiger charge is -2.15. The van der Waals surface area contributed by atoms with Crippen molar-refractivity contribution in [2.45, 2.75) is 13.0 Å². The van der Waals surface area contributed by atoms with Crippen molar-refractivity contribution in [2.24, 2.45) is 0 Å². The van der Waals surface area contributed by atoms with Crippen molar-refractivity contribution in [3.05, 3.63) is 89.5 Å². The quantitative estimate of drug-likeness (QED) is 0.590. The van der Waals surface area contributed by atoms with Crippen molar-refractivity contribution in [3.8, 4) is 11.1 Å². The van der Waals surface area contributed by atoms with Crippen LogP contribution < -0.4 is 5.32 Å². The number of carbonyl (C=O) groups excluding carboxylic acids is 2. The van der Waals surface area contributed by atoms with Crippen LogP contribution in [0.15, 0.2) is 72.8 Å². The second kappa shape index (κ2) is 8.53. The number of thioether (sulfide) groups is 1. The van der Waals surface area contributed by atoms with Crippen LogP contribution in [-0.4, -0.2) is 23.4 Å². The van der Waals surface area contributed by atoms with Gasteiger partial charge in [0.2, 0.25) is 5.91 Å². The molecule has 0 bridgehead atoms. The maximum Gasteiger partial charge on any atom is 0.316 e. The van der Waals surface area contributed by atoms with Crippen molar-refractivity contribution in [3.63, 3.8) is 0 Å². The summed E-state index contributed by atoms with van der Waals surface area (Å²) < 4.78 is 5.79. The Labute approximate surface area is 174 Å². The molecule has 0 saturated carbocycles. The van der Waals surface area contributed by atoms with E-state index in [2.05, 4.69) is 5.32 Å². The van der Waals surface area contributed by atoms with Crippen LogP contribution in [0.5, 0.6) is 0 Å². The third kappa shape index (κ3) is 4.35. The first-order valence-electron chi connectivity index (χ1n) is 9.44. The number of carbonyl (C=O) groups is 2. The van der Waals surface area contributed by atoms with Gasteiger partial charge in [-0.25, -0.2) is 0 Å². The average Bonchev–Trinajstić information content (AvgIpc) is 3.02. The SMILES string of the molecule is Cc1cccc(NC(=O)CSCC(=O)OC2c3ccccc3-c3ccccc32)c1. The minimum absolute atomic E-state index is 0.127. The minimum atomic E-state index is -0.392. The van der Waals surface area contributed by atoms with Crippen molar-refractivity contribution in [2.75, 3.05) is 16.8 Å². The zero-order chi connectivity index (χ0) is 20.2. The van der Waals surface area contributed by atoms with Gasteiger partial charge in [-0.05, 0) is 35.7 Å². The molecular formula is C24H21NO3S. The van der Waals surface area contributed by atoms with Crippen LogP contribution in [0.25, 0.3) is 11.1 Å². The van der Waals surface area contributed by atoms with Crippen LogP contribution >= 0.6 is 11.8 Å². The lowest BCUT2D eigenvalue weighted by atomic mass is 10.1. The average molecular weight is 404 g/mol. The van der Waals surface area contributed by atoms with Crippen LogP contribution in [0.4, 0.5) is 5.69 Å². The van der Waals surface area contributed by atoms with Crippen molar-refractivity contribution in [1.29, 1.82) is 0 Å². The molecule has 0 heterocycles. The molecule has 0 saturated heterocycles. The van der Waals surface area contributed by atoms with Gasteiger partial charge in [0.1, 0.15) is 0 Å². The Kier molecular flexibility index (Phi) is 5.67. The number of rotatable bonds is 6. The minimum Gasteiger partial charge on any atom is -0.452 e. The number of aryl methyl sites for hydroxylation is 1. The monoisotopic (exact) mass is 403 g/mol. The highest BCUT2D eigenvalue weighted by atomic mass is 32.2. The number of esters is 1. The first kappa shape index (κ1) is 19.3. The highest BCUT2D eigenvalue weighted by Gasteiger charge is 2.30. The summed E-state index contributed by atoms with van der Waals surface area (Å²) in [5.41, 5.74) is 6.05. The highest BCUT2D eigenvalue weighted by Crippen LogP contribution is 2.45. The standard InChI is InChI=1S/C24H21NO3S/c1-16-7-6-8-17(13-16)25-22(26)14-29-15-23(27)28-24-20-11-4-2-9-18(20)19-10-3-5-12-21(19)24/h2-13,24H,14-15H2,1H3,(H,25,26). The number of ether oxygens (including phenoxy) is 1. The second-order valence-corrected chi connectivity index (χ2v) is 7.94. The molecule has 146 valence electrons. The summed E-state index contributed by atoms with van der Waals surface area (Å²) in [6.07, 6.45) is -0.392. The maximum atomic E-state index is 12.4. The predicted molar refractivity (Wildman–Crippen MR) is 117 cm³/mol. The van der Waals surface area contributed by atoms with Crippen LogP contribution in [-0.2, 0) is 14.3 Å². The molecule has 0 spiro atoms. The Hall–Kier alpha value is -3.05. The van der Waals surface area contributed by atoms with Crippen LogP contribution in [0.3, 0.4) is 0 Å². The molecule has 1 amide bonds. The van der Waals surface area contributed by atoms with Crippen molar-refractivity contribution in [1.82, 2.24) is 0 Å². The third-order valence-corrected chi connectivity index (χ3v) is 5.69. The number of anilines is 1. The van der Waals surface area contributed by atoms with E-state index in [-0.39, 0.29) is 23.4 Å². The lowest BCUT2D eigenvalue weighted by Crippen LogP contribution is -2.17. The van der Waals surface area contributed by atoms with Gasteiger partial charge in [-0.2, -0.15) is 0 Å². The zero-order valence-electron chi connectivity index (χ0n) is 16.1. The fraction of sp³-hybridized carbons (Fsp3) is 0.167. The summed E-state index contributed by atoms with van der Waals surface area (Å²) >= 11 is 1.25. The molecule has 0 aromatic heterocycles. The van der Waals surface area contributed by atoms with Gasteiger partial charge in [0.05, 0.1) is 11.5 Å². The normalized spacial score (nSPS) is 12.2. The molecule has 0 atom stereocenters. The summed E-state index contributed by atoms with van der Waals surface area (Å²) in [6.45, 7) is 1.97. The Morgan fingerprint density at radius 3 is 2.21 bits per heavy atom. The summed E-state index contributed by atoms with van der Waals surface area (Å²) in [7, 11) is 0. The molecule has 1 aliphatic rings. The second-order valence-electron chi connectivity index (χ2n) is 6.95. The fourth-order valence-electron chi connectivity index (χ4n) is 3.55. The Morgan fingerprint density at radius 1 is 0.897 bits per heavy atom. The van der Waals surface area contributed by atoms with Gasteiger partial charge in [-0.15, -0.1) is 11.8 Å². The van der Waals surface area contributed by atoms with E-state index in [4.69, 9.17) is 4.74 Å². The van der Waals surface area contributed by atoms with Gasteiger partial charge >= 0.3 is 5.97 Å². The number of benzene rings is 3. The maximum absolute atomic E-state index is 12.4. The smallest absolute Gasteiger partial charge is 0.316 e. The number of nitrogens with one attached hydrogen (secondary N) is 1. The van der Waals surface area contributed by atoms with Crippen LogP contribution in [0.1, 0.15) is 22.8 Å². The van der Waals surface area contributed by atoms with Gasteiger partial charge < -0.3 is 10.1 Å². The van der Waals surface area contributed by atoms with Gasteiger partial charge in [0.25, 0.3) is 0 Å². The molecular weight excluding hydrogens is 382 g/mol. The van der Waals surface area contributed by atoms with E-state index in [0.717, 1.165) is 33.5 Å². The molecule has 1 N–H and O–H groups in total. The molecule has 4 nitrogen and oxygen atoms in total. The molecule has 5 heteroatoms. The van der Waals surface area contributed by atoms with E-state index in [1.54, 1.807) is 0 Å². The van der Waals surface area contributed by atoms with Gasteiger partial charge in [-0.3, -0.25) is 9.59 Å². The molecule has 0 aliphatic heterocycles. The molecule has 0 unspecified atom stereocenters.